The van der Waals surface area contributed by atoms with E-state index in [2.05, 4.69) is 9.88 Å². The number of ether oxygens (including phenoxy) is 2. The Morgan fingerprint density at radius 1 is 1.23 bits per heavy atom. The van der Waals surface area contributed by atoms with E-state index in [1.165, 1.54) is 0 Å². The van der Waals surface area contributed by atoms with Crippen LogP contribution in [0.25, 0.3) is 10.9 Å². The second kappa shape index (κ2) is 9.26. The van der Waals surface area contributed by atoms with E-state index < -0.39 is 12.2 Å². The number of hydrogen-bond donors (Lipinski definition) is 2. The van der Waals surface area contributed by atoms with Crippen LogP contribution in [0.3, 0.4) is 0 Å². The predicted molar refractivity (Wildman–Crippen MR) is 111 cm³/mol. The number of aromatic nitrogens is 1. The molecule has 8 nitrogen and oxygen atoms in total. The van der Waals surface area contributed by atoms with E-state index in [0.717, 1.165) is 16.6 Å². The van der Waals surface area contributed by atoms with Crippen LogP contribution in [0.5, 0.6) is 5.75 Å². The van der Waals surface area contributed by atoms with Gasteiger partial charge in [-0.2, -0.15) is 0 Å². The van der Waals surface area contributed by atoms with Crippen molar-refractivity contribution in [2.24, 2.45) is 0 Å². The van der Waals surface area contributed by atoms with Crippen molar-refractivity contribution in [3.05, 3.63) is 36.0 Å². The van der Waals surface area contributed by atoms with Crippen molar-refractivity contribution in [1.82, 2.24) is 14.8 Å². The number of pyridine rings is 1. The predicted octanol–water partition coefficient (Wildman–Crippen LogP) is 0.577. The fourth-order valence-corrected chi connectivity index (χ4v) is 4.23. The number of carbonyl (C=O) groups is 1. The first-order valence-electron chi connectivity index (χ1n) is 10.5. The lowest BCUT2D eigenvalue weighted by molar-refractivity contribution is -0.134. The second-order valence-electron chi connectivity index (χ2n) is 7.97. The van der Waals surface area contributed by atoms with Crippen LogP contribution >= 0.6 is 0 Å². The summed E-state index contributed by atoms with van der Waals surface area (Å²) in [5.41, 5.74) is 1.65. The third-order valence-corrected chi connectivity index (χ3v) is 5.92. The van der Waals surface area contributed by atoms with Crippen LogP contribution in [-0.2, 0) is 9.53 Å². The maximum absolute atomic E-state index is 13.0. The highest BCUT2D eigenvalue weighted by Gasteiger charge is 2.37. The number of aryl methyl sites for hydroxylation is 1. The molecule has 0 saturated carbocycles. The first kappa shape index (κ1) is 21.0. The van der Waals surface area contributed by atoms with Crippen molar-refractivity contribution >= 4 is 16.8 Å². The number of carbonyl (C=O) groups excluding carboxylic acids is 1. The molecule has 4 rings (SSSR count). The summed E-state index contributed by atoms with van der Waals surface area (Å²) < 4.78 is 11.3. The first-order chi connectivity index (χ1) is 14.5. The van der Waals surface area contributed by atoms with Gasteiger partial charge in [0.15, 0.2) is 6.61 Å². The lowest BCUT2D eigenvalue weighted by atomic mass is 10.0. The zero-order chi connectivity index (χ0) is 21.1. The number of likely N-dealkylation sites (tertiary alicyclic amines) is 1. The maximum Gasteiger partial charge on any atom is 0.260 e. The summed E-state index contributed by atoms with van der Waals surface area (Å²) >= 11 is 0. The van der Waals surface area contributed by atoms with Gasteiger partial charge < -0.3 is 24.6 Å². The molecule has 3 heterocycles. The molecule has 1 amide bonds. The summed E-state index contributed by atoms with van der Waals surface area (Å²) in [6.07, 6.45) is -1.41. The van der Waals surface area contributed by atoms with Crippen LogP contribution in [0, 0.1) is 6.92 Å². The quantitative estimate of drug-likeness (QED) is 0.754. The Morgan fingerprint density at radius 3 is 2.80 bits per heavy atom. The Labute approximate surface area is 176 Å². The molecule has 0 bridgehead atoms. The minimum absolute atomic E-state index is 0.102. The molecule has 1 aromatic carbocycles. The van der Waals surface area contributed by atoms with Crippen molar-refractivity contribution in [3.63, 3.8) is 0 Å². The number of benzene rings is 1. The lowest BCUT2D eigenvalue weighted by Crippen LogP contribution is -2.55. The van der Waals surface area contributed by atoms with Crippen LogP contribution in [-0.4, -0.2) is 95.2 Å². The molecule has 8 heteroatoms. The fraction of sp³-hybridized carbons (Fsp3) is 0.545. The van der Waals surface area contributed by atoms with E-state index in [1.54, 1.807) is 4.90 Å². The molecule has 0 spiro atoms. The number of nitrogens with zero attached hydrogens (tertiary/aromatic N) is 3. The standard InChI is InChI=1S/C22H29N3O5/c1-15-12-20(16-4-2-3-5-17(16)23-15)30-14-21(27)25-7-6-19(26)22(28)18(13-25)24-8-10-29-11-9-24/h2-5,12,18-19,22,26,28H,6-11,13-14H2,1H3/t18-,19-,22+/m1/s1. The summed E-state index contributed by atoms with van der Waals surface area (Å²) in [6.45, 7) is 5.06. The fourth-order valence-electron chi connectivity index (χ4n) is 4.23. The van der Waals surface area contributed by atoms with Gasteiger partial charge in [-0.15, -0.1) is 0 Å². The number of aliphatic hydroxyl groups is 2. The Morgan fingerprint density at radius 2 is 2.00 bits per heavy atom. The summed E-state index contributed by atoms with van der Waals surface area (Å²) in [5, 5.41) is 21.8. The van der Waals surface area contributed by atoms with E-state index in [4.69, 9.17) is 9.47 Å². The molecule has 2 aromatic rings. The minimum atomic E-state index is -0.895. The van der Waals surface area contributed by atoms with Crippen molar-refractivity contribution in [2.75, 3.05) is 46.0 Å². The van der Waals surface area contributed by atoms with E-state index in [9.17, 15) is 15.0 Å². The van der Waals surface area contributed by atoms with E-state index in [1.807, 2.05) is 37.3 Å². The molecular weight excluding hydrogens is 386 g/mol. The van der Waals surface area contributed by atoms with Gasteiger partial charge in [0, 0.05) is 43.3 Å². The highest BCUT2D eigenvalue weighted by atomic mass is 16.5. The van der Waals surface area contributed by atoms with Gasteiger partial charge >= 0.3 is 0 Å². The third-order valence-electron chi connectivity index (χ3n) is 5.92. The Hall–Kier alpha value is -2.26. The lowest BCUT2D eigenvalue weighted by Gasteiger charge is -2.38. The van der Waals surface area contributed by atoms with Crippen LogP contribution in [0.15, 0.2) is 30.3 Å². The monoisotopic (exact) mass is 415 g/mol. The maximum atomic E-state index is 13.0. The third kappa shape index (κ3) is 4.57. The Kier molecular flexibility index (Phi) is 6.48. The molecule has 0 radical (unpaired) electrons. The molecule has 2 N–H and O–H groups in total. The normalized spacial score (nSPS) is 25.8. The van der Waals surface area contributed by atoms with Gasteiger partial charge in [-0.3, -0.25) is 14.7 Å². The molecule has 1 aromatic heterocycles. The molecule has 30 heavy (non-hydrogen) atoms. The van der Waals surface area contributed by atoms with Gasteiger partial charge in [0.1, 0.15) is 5.75 Å². The van der Waals surface area contributed by atoms with Crippen molar-refractivity contribution in [3.8, 4) is 5.75 Å². The summed E-state index contributed by atoms with van der Waals surface area (Å²) in [5.74, 6) is 0.471. The van der Waals surface area contributed by atoms with Crippen molar-refractivity contribution in [2.45, 2.75) is 31.6 Å². The van der Waals surface area contributed by atoms with Crippen molar-refractivity contribution in [1.29, 1.82) is 0 Å². The Balaban J connectivity index is 1.46. The van der Waals surface area contributed by atoms with Crippen LogP contribution in [0.1, 0.15) is 12.1 Å². The molecule has 2 fully saturated rings. The average Bonchev–Trinajstić information content (AvgIpc) is 2.91. The van der Waals surface area contributed by atoms with Gasteiger partial charge in [0.2, 0.25) is 0 Å². The summed E-state index contributed by atoms with van der Waals surface area (Å²) in [7, 11) is 0. The van der Waals surface area contributed by atoms with Gasteiger partial charge in [0.05, 0.1) is 37.0 Å². The van der Waals surface area contributed by atoms with Crippen LogP contribution < -0.4 is 4.74 Å². The first-order valence-corrected chi connectivity index (χ1v) is 10.5. The van der Waals surface area contributed by atoms with Crippen molar-refractivity contribution < 1.29 is 24.5 Å². The van der Waals surface area contributed by atoms with E-state index >= 15 is 0 Å². The smallest absolute Gasteiger partial charge is 0.260 e. The summed E-state index contributed by atoms with van der Waals surface area (Å²) in [4.78, 5) is 21.3. The number of morpholine rings is 1. The molecule has 2 aliphatic heterocycles. The molecular formula is C22H29N3O5. The molecule has 162 valence electrons. The zero-order valence-corrected chi connectivity index (χ0v) is 17.2. The number of para-hydroxylation sites is 1. The van der Waals surface area contributed by atoms with Gasteiger partial charge in [-0.25, -0.2) is 0 Å². The van der Waals surface area contributed by atoms with Gasteiger partial charge in [-0.05, 0) is 25.5 Å². The number of fused-ring (bicyclic) bond motifs is 1. The average molecular weight is 415 g/mol. The number of rotatable bonds is 4. The topological polar surface area (TPSA) is 95.4 Å². The second-order valence-corrected chi connectivity index (χ2v) is 7.97. The highest BCUT2D eigenvalue weighted by Crippen LogP contribution is 2.25. The number of hydrogen-bond acceptors (Lipinski definition) is 7. The van der Waals surface area contributed by atoms with Crippen LogP contribution in [0.4, 0.5) is 0 Å². The van der Waals surface area contributed by atoms with Gasteiger partial charge in [0.25, 0.3) is 5.91 Å². The Bertz CT molecular complexity index is 886. The van der Waals surface area contributed by atoms with E-state index in [-0.39, 0.29) is 18.6 Å². The highest BCUT2D eigenvalue weighted by molar-refractivity contribution is 5.86. The van der Waals surface area contributed by atoms with Crippen LogP contribution in [0.2, 0.25) is 0 Å². The van der Waals surface area contributed by atoms with E-state index in [0.29, 0.717) is 51.6 Å². The molecule has 3 atom stereocenters. The van der Waals surface area contributed by atoms with Gasteiger partial charge in [-0.1, -0.05) is 12.1 Å². The molecule has 0 unspecified atom stereocenters. The number of aliphatic hydroxyl groups excluding tert-OH is 2. The molecule has 2 saturated heterocycles. The SMILES string of the molecule is Cc1cc(OCC(=O)N2CC[C@@H](O)[C@@H](O)[C@H](N3CCOCC3)C2)c2ccccc2n1. The molecule has 0 aliphatic carbocycles. The minimum Gasteiger partial charge on any atom is -0.483 e. The largest absolute Gasteiger partial charge is 0.483 e. The number of amides is 1. The molecule has 2 aliphatic rings. The summed E-state index contributed by atoms with van der Waals surface area (Å²) in [6, 6.07) is 9.19. The zero-order valence-electron chi connectivity index (χ0n) is 17.2.